The molecule has 0 aliphatic rings. The third-order valence-corrected chi connectivity index (χ3v) is 2.96. The summed E-state index contributed by atoms with van der Waals surface area (Å²) in [5.74, 6) is 0.106. The number of aromatic nitrogens is 4. The molecule has 2 heterocycles. The summed E-state index contributed by atoms with van der Waals surface area (Å²) in [6.07, 6.45) is 0. The van der Waals surface area contributed by atoms with Crippen molar-refractivity contribution in [2.45, 2.75) is 6.54 Å². The van der Waals surface area contributed by atoms with E-state index in [4.69, 9.17) is 17.2 Å². The zero-order chi connectivity index (χ0) is 16.9. The maximum atomic E-state index is 5.87. The van der Waals surface area contributed by atoms with Crippen molar-refractivity contribution >= 4 is 23.3 Å². The van der Waals surface area contributed by atoms with Crippen LogP contribution in [0.3, 0.4) is 0 Å². The van der Waals surface area contributed by atoms with Crippen LogP contribution in [-0.2, 0) is 6.54 Å². The van der Waals surface area contributed by atoms with Gasteiger partial charge in [-0.25, -0.2) is 14.3 Å². The molecule has 1 aromatic carbocycles. The second kappa shape index (κ2) is 6.56. The topological polar surface area (TPSA) is 181 Å². The molecule has 0 atom stereocenters. The summed E-state index contributed by atoms with van der Waals surface area (Å²) >= 11 is 0. The van der Waals surface area contributed by atoms with Crippen LogP contribution >= 0.6 is 0 Å². The molecule has 122 valence electrons. The number of nitrogens with two attached hydrogens (primary N) is 3. The van der Waals surface area contributed by atoms with Crippen molar-refractivity contribution in [2.75, 3.05) is 11.5 Å². The number of hydrogen-bond acceptors (Lipinski definition) is 9. The molecule has 0 radical (unpaired) electrons. The number of aliphatic imine (C=N–C) groups is 2. The van der Waals surface area contributed by atoms with E-state index >= 15 is 0 Å². The van der Waals surface area contributed by atoms with Crippen LogP contribution in [0.4, 0.5) is 11.6 Å². The van der Waals surface area contributed by atoms with Gasteiger partial charge in [0, 0.05) is 0 Å². The minimum absolute atomic E-state index is 0.00455. The van der Waals surface area contributed by atoms with Crippen molar-refractivity contribution in [1.29, 1.82) is 0 Å². The Morgan fingerprint density at radius 3 is 2.12 bits per heavy atom. The number of nitrogens with zero attached hydrogens (tertiary/aromatic N) is 6. The lowest BCUT2D eigenvalue weighted by Gasteiger charge is -2.01. The number of nitrogen functional groups attached to an aromatic ring is 2. The van der Waals surface area contributed by atoms with Gasteiger partial charge in [-0.05, 0) is 26.2 Å². The van der Waals surface area contributed by atoms with E-state index in [0.29, 0.717) is 6.54 Å². The average molecular weight is 327 g/mol. The van der Waals surface area contributed by atoms with Gasteiger partial charge < -0.3 is 17.2 Å². The number of benzene rings is 1. The molecule has 0 amide bonds. The van der Waals surface area contributed by atoms with Gasteiger partial charge in [0.2, 0.25) is 0 Å². The van der Waals surface area contributed by atoms with E-state index in [1.165, 1.54) is 0 Å². The van der Waals surface area contributed by atoms with Crippen molar-refractivity contribution in [1.82, 2.24) is 20.6 Å². The molecule has 11 heteroatoms. The monoisotopic (exact) mass is 327 g/mol. The SMILES string of the molecule is NC(=NC(=NCc1ccccc1)c1nonc1N)c1nonc1N. The summed E-state index contributed by atoms with van der Waals surface area (Å²) in [7, 11) is 0. The van der Waals surface area contributed by atoms with Crippen LogP contribution in [0, 0.1) is 0 Å². The van der Waals surface area contributed by atoms with Crippen LogP contribution in [0.15, 0.2) is 49.6 Å². The van der Waals surface area contributed by atoms with E-state index in [9.17, 15) is 0 Å². The fraction of sp³-hybridized carbons (Fsp3) is 0.0769. The molecule has 2 aromatic heterocycles. The highest BCUT2D eigenvalue weighted by molar-refractivity contribution is 6.12. The Morgan fingerprint density at radius 2 is 1.54 bits per heavy atom. The molecular formula is C13H13N9O2. The average Bonchev–Trinajstić information content (AvgIpc) is 3.20. The smallest absolute Gasteiger partial charge is 0.199 e. The Balaban J connectivity index is 1.97. The molecule has 3 rings (SSSR count). The van der Waals surface area contributed by atoms with Crippen LogP contribution in [0.5, 0.6) is 0 Å². The first kappa shape index (κ1) is 15.1. The van der Waals surface area contributed by atoms with Crippen molar-refractivity contribution in [3.63, 3.8) is 0 Å². The lowest BCUT2D eigenvalue weighted by Crippen LogP contribution is -2.19. The summed E-state index contributed by atoms with van der Waals surface area (Å²) in [5, 5.41) is 14.2. The molecule has 0 saturated carbocycles. The standard InChI is InChI=1S/C13H13N9O2/c14-10(8-11(15)21-23-19-8)18-13(9-12(16)22-24-20-9)17-6-7-4-2-1-3-5-7/h1-5H,6H2,(H2,15,21)(H2,16,22)(H2,14,17,18). The molecule has 0 aliphatic carbocycles. The Bertz CT molecular complexity index is 882. The van der Waals surface area contributed by atoms with E-state index in [1.807, 2.05) is 30.3 Å². The Morgan fingerprint density at radius 1 is 0.917 bits per heavy atom. The predicted octanol–water partition coefficient (Wildman–Crippen LogP) is -0.0307. The van der Waals surface area contributed by atoms with E-state index in [2.05, 4.69) is 39.9 Å². The van der Waals surface area contributed by atoms with Crippen LogP contribution in [0.25, 0.3) is 0 Å². The molecule has 0 spiro atoms. The van der Waals surface area contributed by atoms with Gasteiger partial charge in [-0.15, -0.1) is 0 Å². The summed E-state index contributed by atoms with van der Waals surface area (Å²) in [6.45, 7) is 0.325. The number of anilines is 2. The third kappa shape index (κ3) is 3.19. The predicted molar refractivity (Wildman–Crippen MR) is 84.8 cm³/mol. The normalized spacial score (nSPS) is 12.5. The molecule has 24 heavy (non-hydrogen) atoms. The minimum Gasteiger partial charge on any atom is -0.382 e. The maximum Gasteiger partial charge on any atom is 0.199 e. The summed E-state index contributed by atoms with van der Waals surface area (Å²) < 4.78 is 9.08. The van der Waals surface area contributed by atoms with Gasteiger partial charge in [0.05, 0.1) is 6.54 Å². The van der Waals surface area contributed by atoms with Crippen molar-refractivity contribution in [2.24, 2.45) is 15.7 Å². The van der Waals surface area contributed by atoms with Gasteiger partial charge in [-0.1, -0.05) is 30.3 Å². The molecule has 0 saturated heterocycles. The van der Waals surface area contributed by atoms with Gasteiger partial charge in [-0.3, -0.25) is 4.99 Å². The molecule has 3 aromatic rings. The van der Waals surface area contributed by atoms with Crippen molar-refractivity contribution < 1.29 is 9.26 Å². The quantitative estimate of drug-likeness (QED) is 0.437. The lowest BCUT2D eigenvalue weighted by molar-refractivity contribution is 0.308. The molecule has 0 bridgehead atoms. The molecule has 0 aliphatic heterocycles. The second-order valence-electron chi connectivity index (χ2n) is 4.62. The van der Waals surface area contributed by atoms with Crippen LogP contribution in [-0.4, -0.2) is 32.3 Å². The van der Waals surface area contributed by atoms with Crippen LogP contribution in [0.2, 0.25) is 0 Å². The van der Waals surface area contributed by atoms with E-state index in [-0.39, 0.29) is 34.7 Å². The third-order valence-electron chi connectivity index (χ3n) is 2.96. The van der Waals surface area contributed by atoms with Gasteiger partial charge in [-0.2, -0.15) is 0 Å². The highest BCUT2D eigenvalue weighted by Gasteiger charge is 2.17. The Labute approximate surface area is 135 Å². The summed E-state index contributed by atoms with van der Waals surface area (Å²) in [5.41, 5.74) is 18.4. The highest BCUT2D eigenvalue weighted by Crippen LogP contribution is 2.11. The fourth-order valence-electron chi connectivity index (χ4n) is 1.80. The Hall–Kier alpha value is -3.76. The first-order valence-corrected chi connectivity index (χ1v) is 6.74. The highest BCUT2D eigenvalue weighted by atomic mass is 16.6. The summed E-state index contributed by atoms with van der Waals surface area (Å²) in [6, 6.07) is 9.53. The van der Waals surface area contributed by atoms with Gasteiger partial charge in [0.1, 0.15) is 0 Å². The fourth-order valence-corrected chi connectivity index (χ4v) is 1.80. The zero-order valence-electron chi connectivity index (χ0n) is 12.3. The summed E-state index contributed by atoms with van der Waals surface area (Å²) in [4.78, 5) is 8.52. The molecule has 6 N–H and O–H groups in total. The number of hydrogen-bond donors (Lipinski definition) is 3. The van der Waals surface area contributed by atoms with Crippen molar-refractivity contribution in [3.8, 4) is 0 Å². The van der Waals surface area contributed by atoms with Crippen LogP contribution in [0.1, 0.15) is 17.0 Å². The van der Waals surface area contributed by atoms with Gasteiger partial charge >= 0.3 is 0 Å². The van der Waals surface area contributed by atoms with Gasteiger partial charge in [0.15, 0.2) is 34.7 Å². The van der Waals surface area contributed by atoms with Crippen molar-refractivity contribution in [3.05, 3.63) is 47.3 Å². The molecular weight excluding hydrogens is 314 g/mol. The second-order valence-corrected chi connectivity index (χ2v) is 4.62. The number of amidine groups is 2. The number of rotatable bonds is 4. The lowest BCUT2D eigenvalue weighted by atomic mass is 10.2. The van der Waals surface area contributed by atoms with E-state index < -0.39 is 0 Å². The Kier molecular flexibility index (Phi) is 4.14. The largest absolute Gasteiger partial charge is 0.382 e. The van der Waals surface area contributed by atoms with Gasteiger partial charge in [0.25, 0.3) is 0 Å². The molecule has 0 unspecified atom stereocenters. The van der Waals surface area contributed by atoms with Crippen LogP contribution < -0.4 is 17.2 Å². The molecule has 11 nitrogen and oxygen atoms in total. The van der Waals surface area contributed by atoms with E-state index in [1.54, 1.807) is 0 Å². The zero-order valence-corrected chi connectivity index (χ0v) is 12.3. The minimum atomic E-state index is -0.0528. The first-order chi connectivity index (χ1) is 11.6. The first-order valence-electron chi connectivity index (χ1n) is 6.74. The molecule has 0 fully saturated rings. The van der Waals surface area contributed by atoms with E-state index in [0.717, 1.165) is 5.56 Å². The maximum absolute atomic E-state index is 5.87.